The second-order valence-corrected chi connectivity index (χ2v) is 8.23. The first-order valence-electron chi connectivity index (χ1n) is 10.5. The smallest absolute Gasteiger partial charge is 0.291 e. The molecule has 0 aliphatic carbocycles. The summed E-state index contributed by atoms with van der Waals surface area (Å²) >= 11 is 1.32. The van der Waals surface area contributed by atoms with E-state index in [0.29, 0.717) is 21.1 Å². The molecular formula is C24H25N3O3S. The molecule has 0 aliphatic rings. The first-order valence-corrected chi connectivity index (χ1v) is 11.3. The molecule has 7 heteroatoms. The topological polar surface area (TPSA) is 65.7 Å². The fourth-order valence-electron chi connectivity index (χ4n) is 3.30. The van der Waals surface area contributed by atoms with Gasteiger partial charge in [0.2, 0.25) is 4.96 Å². The summed E-state index contributed by atoms with van der Waals surface area (Å²) in [6.45, 7) is 2.92. The van der Waals surface area contributed by atoms with Gasteiger partial charge >= 0.3 is 0 Å². The van der Waals surface area contributed by atoms with Crippen molar-refractivity contribution in [2.45, 2.75) is 32.6 Å². The van der Waals surface area contributed by atoms with Crippen LogP contribution in [-0.2, 0) is 0 Å². The van der Waals surface area contributed by atoms with Crippen molar-refractivity contribution in [2.24, 2.45) is 0 Å². The monoisotopic (exact) mass is 435 g/mol. The molecule has 2 aromatic carbocycles. The number of hydrogen-bond acceptors (Lipinski definition) is 6. The van der Waals surface area contributed by atoms with Crippen molar-refractivity contribution in [3.63, 3.8) is 0 Å². The van der Waals surface area contributed by atoms with Crippen LogP contribution in [0.4, 0.5) is 0 Å². The maximum atomic E-state index is 12.8. The second kappa shape index (κ2) is 9.75. The van der Waals surface area contributed by atoms with Crippen molar-refractivity contribution in [3.05, 3.63) is 69.0 Å². The number of hydrogen-bond donors (Lipinski definition) is 0. The highest BCUT2D eigenvalue weighted by Crippen LogP contribution is 2.21. The molecule has 4 aromatic rings. The molecule has 0 atom stereocenters. The molecule has 0 saturated heterocycles. The molecule has 6 nitrogen and oxygen atoms in total. The molecular weight excluding hydrogens is 410 g/mol. The molecule has 2 heterocycles. The molecule has 0 aliphatic heterocycles. The molecule has 2 aromatic heterocycles. The van der Waals surface area contributed by atoms with Crippen LogP contribution in [0.5, 0.6) is 11.5 Å². The van der Waals surface area contributed by atoms with Gasteiger partial charge in [0.25, 0.3) is 5.56 Å². The third kappa shape index (κ3) is 4.77. The van der Waals surface area contributed by atoms with Crippen LogP contribution in [0.25, 0.3) is 22.4 Å². The van der Waals surface area contributed by atoms with Crippen LogP contribution < -0.4 is 19.6 Å². The average Bonchev–Trinajstić information content (AvgIpc) is 3.34. The van der Waals surface area contributed by atoms with E-state index in [1.165, 1.54) is 35.1 Å². The van der Waals surface area contributed by atoms with Gasteiger partial charge in [0.05, 0.1) is 18.2 Å². The number of rotatable bonds is 9. The maximum absolute atomic E-state index is 12.8. The number of fused-ring (bicyclic) bond motifs is 1. The Morgan fingerprint density at radius 1 is 1.06 bits per heavy atom. The zero-order valence-electron chi connectivity index (χ0n) is 17.7. The minimum atomic E-state index is -0.184. The Hall–Kier alpha value is -3.19. The molecule has 0 unspecified atom stereocenters. The summed E-state index contributed by atoms with van der Waals surface area (Å²) in [6, 6.07) is 15.3. The first kappa shape index (κ1) is 21.1. The number of benzene rings is 2. The Labute approximate surface area is 184 Å². The number of unbranched alkanes of at least 4 members (excludes halogenated alkanes) is 3. The van der Waals surface area contributed by atoms with Gasteiger partial charge in [-0.15, -0.1) is 5.10 Å². The van der Waals surface area contributed by atoms with Crippen LogP contribution in [0.15, 0.2) is 53.3 Å². The zero-order chi connectivity index (χ0) is 21.6. The molecule has 0 N–H and O–H groups in total. The van der Waals surface area contributed by atoms with Gasteiger partial charge in [-0.3, -0.25) is 4.79 Å². The zero-order valence-corrected chi connectivity index (χ0v) is 18.5. The van der Waals surface area contributed by atoms with E-state index in [2.05, 4.69) is 17.0 Å². The highest BCUT2D eigenvalue weighted by Gasteiger charge is 2.12. The van der Waals surface area contributed by atoms with Crippen molar-refractivity contribution in [3.8, 4) is 22.9 Å². The first-order chi connectivity index (χ1) is 15.2. The molecule has 0 spiro atoms. The Morgan fingerprint density at radius 2 is 1.87 bits per heavy atom. The standard InChI is InChI=1S/C24H25N3O3S/c1-3-4-5-8-15-30-19-13-11-17(12-14-19)22-25-24-27(26-22)23(28)21(31-24)16-18-9-6-7-10-20(18)29-2/h6-7,9-14,16H,3-5,8,15H2,1-2H3/b21-16-. The van der Waals surface area contributed by atoms with Gasteiger partial charge in [-0.1, -0.05) is 55.7 Å². The van der Waals surface area contributed by atoms with Gasteiger partial charge in [0.1, 0.15) is 11.5 Å². The largest absolute Gasteiger partial charge is 0.496 e. The van der Waals surface area contributed by atoms with Crippen LogP contribution in [-0.4, -0.2) is 28.3 Å². The lowest BCUT2D eigenvalue weighted by Gasteiger charge is -2.06. The SMILES string of the molecule is CCCCCCOc1ccc(-c2nc3s/c(=C\c4ccccc4OC)c(=O)n3n2)cc1. The molecule has 31 heavy (non-hydrogen) atoms. The van der Waals surface area contributed by atoms with E-state index in [-0.39, 0.29) is 5.56 Å². The van der Waals surface area contributed by atoms with Gasteiger partial charge in [-0.25, -0.2) is 0 Å². The van der Waals surface area contributed by atoms with Gasteiger partial charge in [-0.05, 0) is 42.8 Å². The molecule has 4 rings (SSSR count). The summed E-state index contributed by atoms with van der Waals surface area (Å²) in [5.41, 5.74) is 1.51. The fourth-order valence-corrected chi connectivity index (χ4v) is 4.20. The van der Waals surface area contributed by atoms with E-state index < -0.39 is 0 Å². The van der Waals surface area contributed by atoms with E-state index in [1.54, 1.807) is 7.11 Å². The molecule has 0 saturated carbocycles. The molecule has 0 radical (unpaired) electrons. The molecule has 0 fully saturated rings. The minimum Gasteiger partial charge on any atom is -0.496 e. The van der Waals surface area contributed by atoms with Crippen molar-refractivity contribution in [1.82, 2.24) is 14.6 Å². The third-order valence-corrected chi connectivity index (χ3v) is 5.95. The average molecular weight is 436 g/mol. The lowest BCUT2D eigenvalue weighted by atomic mass is 10.2. The normalized spacial score (nSPS) is 11.9. The Balaban J connectivity index is 1.53. The highest BCUT2D eigenvalue weighted by molar-refractivity contribution is 7.15. The summed E-state index contributed by atoms with van der Waals surface area (Å²) in [5.74, 6) is 2.08. The van der Waals surface area contributed by atoms with Crippen molar-refractivity contribution >= 4 is 22.4 Å². The number of aromatic nitrogens is 3. The Bertz CT molecular complexity index is 1260. The minimum absolute atomic E-state index is 0.184. The molecule has 0 bridgehead atoms. The number of nitrogens with zero attached hydrogens (tertiary/aromatic N) is 3. The summed E-state index contributed by atoms with van der Waals surface area (Å²) in [5, 5.41) is 4.42. The van der Waals surface area contributed by atoms with E-state index in [4.69, 9.17) is 9.47 Å². The van der Waals surface area contributed by atoms with Crippen LogP contribution in [0.2, 0.25) is 0 Å². The number of para-hydroxylation sites is 1. The van der Waals surface area contributed by atoms with Crippen LogP contribution in [0, 0.1) is 0 Å². The number of methoxy groups -OCH3 is 1. The molecule has 160 valence electrons. The maximum Gasteiger partial charge on any atom is 0.291 e. The van der Waals surface area contributed by atoms with Crippen molar-refractivity contribution < 1.29 is 9.47 Å². The van der Waals surface area contributed by atoms with Crippen molar-refractivity contribution in [1.29, 1.82) is 0 Å². The fraction of sp³-hybridized carbons (Fsp3) is 0.292. The lowest BCUT2D eigenvalue weighted by molar-refractivity contribution is 0.305. The van der Waals surface area contributed by atoms with Gasteiger partial charge < -0.3 is 9.47 Å². The van der Waals surface area contributed by atoms with Gasteiger partial charge in [0.15, 0.2) is 5.82 Å². The van der Waals surface area contributed by atoms with Gasteiger partial charge in [-0.2, -0.15) is 9.50 Å². The summed E-state index contributed by atoms with van der Waals surface area (Å²) in [6.07, 6.45) is 6.53. The summed E-state index contributed by atoms with van der Waals surface area (Å²) in [7, 11) is 1.61. The van der Waals surface area contributed by atoms with Crippen LogP contribution in [0.1, 0.15) is 38.2 Å². The second-order valence-electron chi connectivity index (χ2n) is 7.22. The lowest BCUT2D eigenvalue weighted by Crippen LogP contribution is -2.23. The number of thiazole rings is 1. The van der Waals surface area contributed by atoms with E-state index in [9.17, 15) is 4.79 Å². The Morgan fingerprint density at radius 3 is 2.61 bits per heavy atom. The highest BCUT2D eigenvalue weighted by atomic mass is 32.1. The number of ether oxygens (including phenoxy) is 2. The van der Waals surface area contributed by atoms with Crippen LogP contribution in [0.3, 0.4) is 0 Å². The summed E-state index contributed by atoms with van der Waals surface area (Å²) < 4.78 is 13.1. The van der Waals surface area contributed by atoms with Crippen LogP contribution >= 0.6 is 11.3 Å². The predicted molar refractivity (Wildman–Crippen MR) is 124 cm³/mol. The Kier molecular flexibility index (Phi) is 6.62. The summed E-state index contributed by atoms with van der Waals surface area (Å²) in [4.78, 5) is 17.9. The third-order valence-electron chi connectivity index (χ3n) is 4.99. The molecule has 0 amide bonds. The van der Waals surface area contributed by atoms with Gasteiger partial charge in [0, 0.05) is 11.1 Å². The quantitative estimate of drug-likeness (QED) is 0.366. The van der Waals surface area contributed by atoms with E-state index in [1.807, 2.05) is 54.6 Å². The van der Waals surface area contributed by atoms with E-state index >= 15 is 0 Å². The van der Waals surface area contributed by atoms with Crippen molar-refractivity contribution in [2.75, 3.05) is 13.7 Å². The predicted octanol–water partition coefficient (Wildman–Crippen LogP) is 4.33. The van der Waals surface area contributed by atoms with E-state index in [0.717, 1.165) is 29.9 Å².